The number of hydrogen-bond acceptors (Lipinski definition) is 2. The first kappa shape index (κ1) is 19.3. The molecule has 1 amide bonds. The molecule has 0 aliphatic rings. The number of rotatable bonds is 7. The molecular weight excluding hydrogens is 356 g/mol. The van der Waals surface area contributed by atoms with Crippen LogP contribution in [0, 0.1) is 23.3 Å². The Morgan fingerprint density at radius 1 is 1.04 bits per heavy atom. The molecule has 0 aliphatic carbocycles. The maximum absolute atomic E-state index is 13.5. The Balaban J connectivity index is 1.78. The van der Waals surface area contributed by atoms with E-state index < -0.39 is 29.0 Å². The summed E-state index contributed by atoms with van der Waals surface area (Å²) in [6, 6.07) is 7.84. The van der Waals surface area contributed by atoms with E-state index in [-0.39, 0.29) is 12.4 Å². The van der Waals surface area contributed by atoms with E-state index in [1.807, 2.05) is 0 Å². The van der Waals surface area contributed by atoms with E-state index in [0.717, 1.165) is 21.9 Å². The quantitative estimate of drug-likeness (QED) is 0.444. The van der Waals surface area contributed by atoms with Gasteiger partial charge in [0.15, 0.2) is 24.0 Å². The minimum Gasteiger partial charge on any atom is -0.329 e. The Labute approximate surface area is 147 Å². The lowest BCUT2D eigenvalue weighted by Crippen LogP contribution is -3.10. The Hall–Kier alpha value is -2.06. The molecule has 2 aromatic rings. The first-order valence-corrected chi connectivity index (χ1v) is 8.48. The van der Waals surface area contributed by atoms with Crippen molar-refractivity contribution in [3.8, 4) is 0 Å². The molecule has 0 saturated carbocycles. The minimum atomic E-state index is -1.62. The zero-order valence-corrected chi connectivity index (χ0v) is 14.2. The molecule has 2 aromatic carbocycles. The van der Waals surface area contributed by atoms with Crippen LogP contribution in [0.1, 0.15) is 0 Å². The van der Waals surface area contributed by atoms with Crippen LogP contribution in [0.15, 0.2) is 41.3 Å². The van der Waals surface area contributed by atoms with Crippen molar-refractivity contribution in [2.24, 2.45) is 0 Å². The highest BCUT2D eigenvalue weighted by atomic mass is 32.2. The molecule has 0 heterocycles. The fraction of sp³-hybridized carbons (Fsp3) is 0.235. The molecule has 2 N–H and O–H groups in total. The van der Waals surface area contributed by atoms with Crippen LogP contribution in [0.5, 0.6) is 0 Å². The number of benzene rings is 2. The number of amides is 1. The molecule has 0 spiro atoms. The molecule has 3 nitrogen and oxygen atoms in total. The maximum Gasteiger partial charge on any atom is 0.279 e. The van der Waals surface area contributed by atoms with Gasteiger partial charge in [-0.25, -0.2) is 17.6 Å². The highest BCUT2D eigenvalue weighted by Crippen LogP contribution is 2.19. The molecular formula is C17H17F4N2OS+. The predicted octanol–water partition coefficient (Wildman–Crippen LogP) is 2.49. The Bertz CT molecular complexity index is 740. The van der Waals surface area contributed by atoms with Gasteiger partial charge in [0.2, 0.25) is 0 Å². The molecule has 0 bridgehead atoms. The zero-order chi connectivity index (χ0) is 18.4. The van der Waals surface area contributed by atoms with Gasteiger partial charge >= 0.3 is 0 Å². The Morgan fingerprint density at radius 2 is 1.72 bits per heavy atom. The van der Waals surface area contributed by atoms with Crippen molar-refractivity contribution in [3.05, 3.63) is 59.7 Å². The van der Waals surface area contributed by atoms with Crippen molar-refractivity contribution >= 4 is 23.4 Å². The highest BCUT2D eigenvalue weighted by molar-refractivity contribution is 7.99. The van der Waals surface area contributed by atoms with Crippen molar-refractivity contribution in [2.45, 2.75) is 4.90 Å². The van der Waals surface area contributed by atoms with E-state index in [4.69, 9.17) is 0 Å². The lowest BCUT2D eigenvalue weighted by Gasteiger charge is -2.14. The van der Waals surface area contributed by atoms with E-state index in [1.54, 1.807) is 19.2 Å². The molecule has 1 atom stereocenters. The lowest BCUT2D eigenvalue weighted by atomic mass is 10.2. The summed E-state index contributed by atoms with van der Waals surface area (Å²) in [5, 5.41) is 2.23. The van der Waals surface area contributed by atoms with E-state index in [9.17, 15) is 22.4 Å². The number of nitrogens with one attached hydrogen (secondary N) is 2. The number of halogens is 4. The van der Waals surface area contributed by atoms with Gasteiger partial charge in [-0.3, -0.25) is 4.79 Å². The molecule has 25 heavy (non-hydrogen) atoms. The van der Waals surface area contributed by atoms with Gasteiger partial charge in [0.1, 0.15) is 5.82 Å². The smallest absolute Gasteiger partial charge is 0.279 e. The molecule has 2 rings (SSSR count). The van der Waals surface area contributed by atoms with Gasteiger partial charge in [-0.05, 0) is 36.4 Å². The van der Waals surface area contributed by atoms with E-state index in [2.05, 4.69) is 5.32 Å². The van der Waals surface area contributed by atoms with E-state index in [0.29, 0.717) is 12.3 Å². The van der Waals surface area contributed by atoms with Gasteiger partial charge in [0.25, 0.3) is 5.91 Å². The van der Waals surface area contributed by atoms with Crippen LogP contribution in [0.2, 0.25) is 0 Å². The fourth-order valence-electron chi connectivity index (χ4n) is 2.05. The lowest BCUT2D eigenvalue weighted by molar-refractivity contribution is -0.868. The summed E-state index contributed by atoms with van der Waals surface area (Å²) >= 11 is 1.52. The second-order valence-electron chi connectivity index (χ2n) is 5.46. The number of hydrogen-bond donors (Lipinski definition) is 2. The normalized spacial score (nSPS) is 12.0. The number of thioether (sulfide) groups is 1. The summed E-state index contributed by atoms with van der Waals surface area (Å²) in [6.07, 6.45) is 0. The molecule has 1 unspecified atom stereocenters. The van der Waals surface area contributed by atoms with Gasteiger partial charge in [-0.15, -0.1) is 11.8 Å². The average molecular weight is 373 g/mol. The van der Waals surface area contributed by atoms with Crippen molar-refractivity contribution in [1.82, 2.24) is 0 Å². The second kappa shape index (κ2) is 8.87. The fourth-order valence-corrected chi connectivity index (χ4v) is 3.07. The van der Waals surface area contributed by atoms with Gasteiger partial charge < -0.3 is 10.2 Å². The zero-order valence-electron chi connectivity index (χ0n) is 13.4. The molecule has 0 aromatic heterocycles. The molecule has 0 fully saturated rings. The number of likely N-dealkylation sites (N-methyl/N-ethyl adjacent to an activating group) is 1. The third kappa shape index (κ3) is 5.75. The summed E-state index contributed by atoms with van der Waals surface area (Å²) in [6.45, 7) is 0.679. The van der Waals surface area contributed by atoms with Crippen molar-refractivity contribution in [2.75, 3.05) is 31.2 Å². The van der Waals surface area contributed by atoms with Crippen LogP contribution in [0.3, 0.4) is 0 Å². The molecule has 0 saturated heterocycles. The van der Waals surface area contributed by atoms with Gasteiger partial charge in [-0.2, -0.15) is 0 Å². The molecule has 134 valence electrons. The van der Waals surface area contributed by atoms with Crippen LogP contribution in [-0.2, 0) is 4.79 Å². The van der Waals surface area contributed by atoms with Gasteiger partial charge in [0, 0.05) is 10.6 Å². The summed E-state index contributed by atoms with van der Waals surface area (Å²) in [7, 11) is 1.78. The number of anilines is 1. The van der Waals surface area contributed by atoms with Crippen molar-refractivity contribution in [1.29, 1.82) is 0 Å². The molecule has 0 radical (unpaired) electrons. The van der Waals surface area contributed by atoms with Crippen molar-refractivity contribution < 1.29 is 27.3 Å². The summed E-state index contributed by atoms with van der Waals surface area (Å²) in [4.78, 5) is 13.7. The van der Waals surface area contributed by atoms with E-state index in [1.165, 1.54) is 23.9 Å². The van der Waals surface area contributed by atoms with Gasteiger partial charge in [0.05, 0.1) is 19.3 Å². The molecule has 8 heteroatoms. The van der Waals surface area contributed by atoms with Crippen LogP contribution < -0.4 is 10.2 Å². The van der Waals surface area contributed by atoms with Crippen LogP contribution >= 0.6 is 11.8 Å². The first-order valence-electron chi connectivity index (χ1n) is 7.50. The first-order chi connectivity index (χ1) is 11.9. The third-order valence-corrected chi connectivity index (χ3v) is 4.40. The monoisotopic (exact) mass is 373 g/mol. The van der Waals surface area contributed by atoms with Crippen LogP contribution in [-0.4, -0.2) is 31.8 Å². The standard InChI is InChI=1S/C17H16F4N2OS/c1-23(8-9-25-12-4-2-11(18)3-5-12)10-15(24)22-14-7-6-13(19)16(20)17(14)21/h2-7H,8-10H2,1H3,(H,22,24)/p+1. The van der Waals surface area contributed by atoms with Gasteiger partial charge in [-0.1, -0.05) is 0 Å². The highest BCUT2D eigenvalue weighted by Gasteiger charge is 2.17. The maximum atomic E-state index is 13.5. The summed E-state index contributed by atoms with van der Waals surface area (Å²) < 4.78 is 52.3. The SMILES string of the molecule is C[NH+](CCSc1ccc(F)cc1)CC(=O)Nc1ccc(F)c(F)c1F. The minimum absolute atomic E-state index is 0.0441. The topological polar surface area (TPSA) is 33.5 Å². The Morgan fingerprint density at radius 3 is 2.40 bits per heavy atom. The third-order valence-electron chi connectivity index (χ3n) is 3.38. The van der Waals surface area contributed by atoms with Crippen LogP contribution in [0.25, 0.3) is 0 Å². The number of carbonyl (C=O) groups excluding carboxylic acids is 1. The second-order valence-corrected chi connectivity index (χ2v) is 6.63. The molecule has 0 aliphatic heterocycles. The predicted molar refractivity (Wildman–Crippen MR) is 88.7 cm³/mol. The van der Waals surface area contributed by atoms with E-state index >= 15 is 0 Å². The number of carbonyl (C=O) groups is 1. The largest absolute Gasteiger partial charge is 0.329 e. The van der Waals surface area contributed by atoms with Crippen LogP contribution in [0.4, 0.5) is 23.2 Å². The number of quaternary nitrogens is 1. The van der Waals surface area contributed by atoms with Crippen molar-refractivity contribution in [3.63, 3.8) is 0 Å². The summed E-state index contributed by atoms with van der Waals surface area (Å²) in [5.41, 5.74) is -0.391. The summed E-state index contributed by atoms with van der Waals surface area (Å²) in [5.74, 6) is -4.45. The Kier molecular flexibility index (Phi) is 6.83. The average Bonchev–Trinajstić information content (AvgIpc) is 2.57.